The third-order valence-corrected chi connectivity index (χ3v) is 5.19. The van der Waals surface area contributed by atoms with E-state index in [1.54, 1.807) is 6.20 Å². The smallest absolute Gasteiger partial charge is 0.254 e. The fourth-order valence-corrected chi connectivity index (χ4v) is 3.58. The summed E-state index contributed by atoms with van der Waals surface area (Å²) in [5, 5.41) is 3.38. The van der Waals surface area contributed by atoms with Crippen LogP contribution in [0.4, 0.5) is 0 Å². The molecule has 0 bridgehead atoms. The summed E-state index contributed by atoms with van der Waals surface area (Å²) >= 11 is 1.89. The highest BCUT2D eigenvalue weighted by atomic mass is 32.2. The maximum absolute atomic E-state index is 13.0. The van der Waals surface area contributed by atoms with Crippen molar-refractivity contribution in [1.29, 1.82) is 0 Å². The zero-order valence-electron chi connectivity index (χ0n) is 13.9. The molecular formula is C19H23N3OS. The molecule has 24 heavy (non-hydrogen) atoms. The van der Waals surface area contributed by atoms with E-state index in [1.165, 1.54) is 5.56 Å². The first-order valence-corrected chi connectivity index (χ1v) is 9.53. The van der Waals surface area contributed by atoms with Crippen molar-refractivity contribution in [2.45, 2.75) is 18.7 Å². The second-order valence-electron chi connectivity index (χ2n) is 5.84. The number of carbonyl (C=O) groups is 1. The van der Waals surface area contributed by atoms with Gasteiger partial charge in [-0.2, -0.15) is 11.8 Å². The van der Waals surface area contributed by atoms with Gasteiger partial charge in [0.25, 0.3) is 5.91 Å². The van der Waals surface area contributed by atoms with Crippen LogP contribution in [0.3, 0.4) is 0 Å². The molecule has 1 aromatic carbocycles. The topological polar surface area (TPSA) is 45.2 Å². The summed E-state index contributed by atoms with van der Waals surface area (Å²) in [6, 6.07) is 12.0. The van der Waals surface area contributed by atoms with Crippen LogP contribution >= 0.6 is 11.8 Å². The van der Waals surface area contributed by atoms with Crippen LogP contribution in [-0.2, 0) is 5.75 Å². The van der Waals surface area contributed by atoms with E-state index in [-0.39, 0.29) is 11.9 Å². The highest BCUT2D eigenvalue weighted by Gasteiger charge is 2.28. The number of pyridine rings is 1. The van der Waals surface area contributed by atoms with E-state index in [0.717, 1.165) is 35.7 Å². The molecule has 1 unspecified atom stereocenters. The lowest BCUT2D eigenvalue weighted by Crippen LogP contribution is -2.48. The van der Waals surface area contributed by atoms with Crippen LogP contribution in [-0.4, -0.2) is 41.2 Å². The van der Waals surface area contributed by atoms with Gasteiger partial charge >= 0.3 is 0 Å². The average Bonchev–Trinajstić information content (AvgIpc) is 2.67. The van der Waals surface area contributed by atoms with E-state index < -0.39 is 0 Å². The normalized spacial score (nSPS) is 17.7. The molecule has 3 rings (SSSR count). The molecule has 1 fully saturated rings. The van der Waals surface area contributed by atoms with Gasteiger partial charge in [0.15, 0.2) is 0 Å². The van der Waals surface area contributed by atoms with Crippen LogP contribution in [0.1, 0.15) is 34.5 Å². The average molecular weight is 341 g/mol. The number of nitrogens with zero attached hydrogens (tertiary/aromatic N) is 2. The van der Waals surface area contributed by atoms with Crippen LogP contribution in [0, 0.1) is 0 Å². The number of hydrogen-bond donors (Lipinski definition) is 1. The van der Waals surface area contributed by atoms with Crippen molar-refractivity contribution in [3.63, 3.8) is 0 Å². The van der Waals surface area contributed by atoms with Gasteiger partial charge in [-0.1, -0.05) is 25.1 Å². The van der Waals surface area contributed by atoms with E-state index in [1.807, 2.05) is 47.1 Å². The van der Waals surface area contributed by atoms with E-state index in [0.29, 0.717) is 6.54 Å². The Morgan fingerprint density at radius 1 is 1.33 bits per heavy atom. The van der Waals surface area contributed by atoms with Gasteiger partial charge < -0.3 is 10.2 Å². The van der Waals surface area contributed by atoms with E-state index >= 15 is 0 Å². The molecule has 2 heterocycles. The van der Waals surface area contributed by atoms with Gasteiger partial charge in [-0.15, -0.1) is 0 Å². The van der Waals surface area contributed by atoms with Crippen molar-refractivity contribution < 1.29 is 4.79 Å². The molecule has 1 aliphatic heterocycles. The molecule has 1 saturated heterocycles. The summed E-state index contributed by atoms with van der Waals surface area (Å²) in [4.78, 5) is 19.1. The molecule has 1 aromatic heterocycles. The van der Waals surface area contributed by atoms with Gasteiger partial charge in [0.05, 0.1) is 6.04 Å². The van der Waals surface area contributed by atoms with Crippen molar-refractivity contribution >= 4 is 17.7 Å². The molecule has 1 atom stereocenters. The van der Waals surface area contributed by atoms with Crippen molar-refractivity contribution in [2.24, 2.45) is 0 Å². The SMILES string of the molecule is CCSCc1ccc(C(=O)N2CCNCC2c2cccnc2)cc1. The number of aromatic nitrogens is 1. The zero-order valence-corrected chi connectivity index (χ0v) is 14.8. The Labute approximate surface area is 147 Å². The molecule has 126 valence electrons. The van der Waals surface area contributed by atoms with Gasteiger partial charge in [-0.25, -0.2) is 0 Å². The Hall–Kier alpha value is -1.85. The first-order valence-electron chi connectivity index (χ1n) is 8.38. The Morgan fingerprint density at radius 3 is 2.88 bits per heavy atom. The van der Waals surface area contributed by atoms with Gasteiger partial charge in [-0.3, -0.25) is 9.78 Å². The highest BCUT2D eigenvalue weighted by molar-refractivity contribution is 7.98. The molecule has 2 aromatic rings. The maximum Gasteiger partial charge on any atom is 0.254 e. The first-order chi connectivity index (χ1) is 11.8. The van der Waals surface area contributed by atoms with Crippen molar-refractivity contribution in [1.82, 2.24) is 15.2 Å². The van der Waals surface area contributed by atoms with Crippen LogP contribution in [0.5, 0.6) is 0 Å². The van der Waals surface area contributed by atoms with Crippen LogP contribution in [0.2, 0.25) is 0 Å². The predicted molar refractivity (Wildman–Crippen MR) is 99.2 cm³/mol. The summed E-state index contributed by atoms with van der Waals surface area (Å²) in [6.45, 7) is 4.47. The van der Waals surface area contributed by atoms with Crippen LogP contribution in [0.25, 0.3) is 0 Å². The largest absolute Gasteiger partial charge is 0.329 e. The minimum absolute atomic E-state index is 0.0373. The van der Waals surface area contributed by atoms with Gasteiger partial charge in [0, 0.05) is 43.3 Å². The fraction of sp³-hybridized carbons (Fsp3) is 0.368. The molecular weight excluding hydrogens is 318 g/mol. The summed E-state index contributed by atoms with van der Waals surface area (Å²) in [5.74, 6) is 2.20. The number of amides is 1. The van der Waals surface area contributed by atoms with E-state index in [4.69, 9.17) is 0 Å². The number of carbonyl (C=O) groups excluding carboxylic acids is 1. The Bertz CT molecular complexity index is 660. The molecule has 0 radical (unpaired) electrons. The molecule has 0 aliphatic carbocycles. The molecule has 0 spiro atoms. The van der Waals surface area contributed by atoms with Crippen molar-refractivity contribution in [2.75, 3.05) is 25.4 Å². The monoisotopic (exact) mass is 341 g/mol. The first kappa shape index (κ1) is 17.0. The molecule has 0 saturated carbocycles. The number of rotatable bonds is 5. The van der Waals surface area contributed by atoms with Crippen LogP contribution in [0.15, 0.2) is 48.8 Å². The van der Waals surface area contributed by atoms with Crippen LogP contribution < -0.4 is 5.32 Å². The van der Waals surface area contributed by atoms with Gasteiger partial charge in [0.2, 0.25) is 0 Å². The lowest BCUT2D eigenvalue weighted by molar-refractivity contribution is 0.0634. The highest BCUT2D eigenvalue weighted by Crippen LogP contribution is 2.24. The number of nitrogens with one attached hydrogen (secondary N) is 1. The molecule has 1 aliphatic rings. The van der Waals surface area contributed by atoms with Crippen molar-refractivity contribution in [3.8, 4) is 0 Å². The Balaban J connectivity index is 1.76. The molecule has 4 nitrogen and oxygen atoms in total. The standard InChI is InChI=1S/C19H23N3OS/c1-2-24-14-15-5-7-16(8-6-15)19(23)22-11-10-21-13-18(22)17-4-3-9-20-12-17/h3-9,12,18,21H,2,10-11,13-14H2,1H3. The van der Waals surface area contributed by atoms with Gasteiger partial charge in [0.1, 0.15) is 0 Å². The number of hydrogen-bond acceptors (Lipinski definition) is 4. The van der Waals surface area contributed by atoms with Gasteiger partial charge in [-0.05, 0) is 35.1 Å². The second kappa shape index (κ2) is 8.31. The molecule has 1 amide bonds. The van der Waals surface area contributed by atoms with E-state index in [9.17, 15) is 4.79 Å². The molecule has 5 heteroatoms. The summed E-state index contributed by atoms with van der Waals surface area (Å²) in [6.07, 6.45) is 3.61. The number of benzene rings is 1. The van der Waals surface area contributed by atoms with Crippen molar-refractivity contribution in [3.05, 3.63) is 65.5 Å². The quantitative estimate of drug-likeness (QED) is 0.908. The Morgan fingerprint density at radius 2 is 2.17 bits per heavy atom. The summed E-state index contributed by atoms with van der Waals surface area (Å²) in [5.41, 5.74) is 3.10. The fourth-order valence-electron chi connectivity index (χ4n) is 2.95. The summed E-state index contributed by atoms with van der Waals surface area (Å²) in [7, 11) is 0. The third kappa shape index (κ3) is 3.97. The minimum Gasteiger partial charge on any atom is -0.329 e. The Kier molecular flexibility index (Phi) is 5.88. The lowest BCUT2D eigenvalue weighted by atomic mass is 10.0. The second-order valence-corrected chi connectivity index (χ2v) is 7.11. The third-order valence-electron chi connectivity index (χ3n) is 4.25. The number of thioether (sulfide) groups is 1. The molecule has 1 N–H and O–H groups in total. The lowest BCUT2D eigenvalue weighted by Gasteiger charge is -2.36. The maximum atomic E-state index is 13.0. The van der Waals surface area contributed by atoms with E-state index in [2.05, 4.69) is 29.4 Å². The summed E-state index contributed by atoms with van der Waals surface area (Å²) < 4.78 is 0. The zero-order chi connectivity index (χ0) is 16.8. The predicted octanol–water partition coefficient (Wildman–Crippen LogP) is 3.12. The number of piperazine rings is 1. The minimum atomic E-state index is 0.0373.